The molecule has 168 valence electrons. The molecule has 1 aliphatic rings. The molecule has 1 aromatic carbocycles. The van der Waals surface area contributed by atoms with Gasteiger partial charge in [-0.1, -0.05) is 73.4 Å². The van der Waals surface area contributed by atoms with Gasteiger partial charge in [0.15, 0.2) is 0 Å². The van der Waals surface area contributed by atoms with E-state index in [-0.39, 0.29) is 12.6 Å². The predicted octanol–water partition coefficient (Wildman–Crippen LogP) is 5.73. The Morgan fingerprint density at radius 1 is 1.38 bits per heavy atom. The van der Waals surface area contributed by atoms with Crippen molar-refractivity contribution in [3.8, 4) is 0 Å². The highest BCUT2D eigenvalue weighted by molar-refractivity contribution is 6.00. The Bertz CT molecular complexity index is 981. The second kappa shape index (κ2) is 13.0. The lowest BCUT2D eigenvalue weighted by Crippen LogP contribution is -2.13. The van der Waals surface area contributed by atoms with Crippen molar-refractivity contribution in [2.24, 2.45) is 4.99 Å². The minimum absolute atomic E-state index is 0.115. The average Bonchev–Trinajstić information content (AvgIpc) is 2.82. The van der Waals surface area contributed by atoms with Crippen molar-refractivity contribution >= 4 is 17.9 Å². The average molecular weight is 433 g/mol. The zero-order valence-electron chi connectivity index (χ0n) is 18.9. The Balaban J connectivity index is 2.16. The van der Waals surface area contributed by atoms with Gasteiger partial charge in [0.2, 0.25) is 0 Å². The number of methoxy groups -OCH3 is 1. The number of nitrogens with two attached hydrogens (primary N) is 1. The Labute approximate surface area is 191 Å². The number of benzene rings is 1. The quantitative estimate of drug-likeness (QED) is 0.159. The highest BCUT2D eigenvalue weighted by Gasteiger charge is 2.16. The van der Waals surface area contributed by atoms with E-state index in [0.717, 1.165) is 24.8 Å². The molecule has 2 rings (SSSR count). The number of aliphatic imine (C=N–C) groups is 1. The molecule has 0 spiro atoms. The van der Waals surface area contributed by atoms with Gasteiger partial charge in [0.25, 0.3) is 0 Å². The van der Waals surface area contributed by atoms with E-state index in [1.165, 1.54) is 5.57 Å². The number of para-hydroxylation sites is 1. The van der Waals surface area contributed by atoms with Crippen LogP contribution in [0.1, 0.15) is 42.1 Å². The predicted molar refractivity (Wildman–Crippen MR) is 133 cm³/mol. The number of rotatable bonds is 11. The summed E-state index contributed by atoms with van der Waals surface area (Å²) in [5.74, 6) is 0.0821. The summed E-state index contributed by atoms with van der Waals surface area (Å²) in [4.78, 5) is 17.3. The molecule has 2 N–H and O–H groups in total. The summed E-state index contributed by atoms with van der Waals surface area (Å²) in [5.41, 5.74) is 9.61. The van der Waals surface area contributed by atoms with E-state index in [9.17, 15) is 4.79 Å². The minimum Gasteiger partial charge on any atom is -0.499 e. The Morgan fingerprint density at radius 3 is 2.84 bits per heavy atom. The second-order valence-corrected chi connectivity index (χ2v) is 7.32. The van der Waals surface area contributed by atoms with Crippen LogP contribution >= 0.6 is 0 Å². The molecule has 1 atom stereocenters. The monoisotopic (exact) mass is 432 g/mol. The maximum absolute atomic E-state index is 12.6. The van der Waals surface area contributed by atoms with Crippen LogP contribution in [0.4, 0.5) is 5.69 Å². The van der Waals surface area contributed by atoms with Crippen LogP contribution in [0.15, 0.2) is 95.8 Å². The molecule has 0 aliphatic heterocycles. The Morgan fingerprint density at radius 2 is 2.19 bits per heavy atom. The molecule has 1 aliphatic carbocycles. The first kappa shape index (κ1) is 24.7. The summed E-state index contributed by atoms with van der Waals surface area (Å²) in [6, 6.07) is 4.97. The van der Waals surface area contributed by atoms with Crippen LogP contribution in [0.2, 0.25) is 0 Å². The molecule has 0 radical (unpaired) electrons. The fraction of sp³-hybridized carbons (Fsp3) is 0.259. The van der Waals surface area contributed by atoms with Crippen LogP contribution in [-0.4, -0.2) is 31.9 Å². The van der Waals surface area contributed by atoms with Gasteiger partial charge in [0.05, 0.1) is 18.4 Å². The first-order valence-corrected chi connectivity index (χ1v) is 10.6. The number of hydrogen-bond donors (Lipinski definition) is 1. The molecule has 0 heterocycles. The van der Waals surface area contributed by atoms with Crippen molar-refractivity contribution < 1.29 is 14.3 Å². The van der Waals surface area contributed by atoms with E-state index in [0.29, 0.717) is 22.6 Å². The normalized spacial score (nSPS) is 14.9. The fourth-order valence-corrected chi connectivity index (χ4v) is 3.12. The topological polar surface area (TPSA) is 73.9 Å². The highest BCUT2D eigenvalue weighted by Crippen LogP contribution is 2.23. The van der Waals surface area contributed by atoms with E-state index < -0.39 is 5.97 Å². The third kappa shape index (κ3) is 7.27. The lowest BCUT2D eigenvalue weighted by Gasteiger charge is -2.17. The summed E-state index contributed by atoms with van der Waals surface area (Å²) >= 11 is 0. The third-order valence-electron chi connectivity index (χ3n) is 5.08. The maximum atomic E-state index is 12.6. The van der Waals surface area contributed by atoms with Gasteiger partial charge in [0.1, 0.15) is 18.4 Å². The van der Waals surface area contributed by atoms with E-state index >= 15 is 0 Å². The van der Waals surface area contributed by atoms with Gasteiger partial charge in [-0.15, -0.1) is 0 Å². The number of nitrogens with zero attached hydrogens (tertiary/aromatic N) is 1. The molecule has 0 saturated heterocycles. The smallest absolute Gasteiger partial charge is 0.340 e. The third-order valence-corrected chi connectivity index (χ3v) is 5.08. The summed E-state index contributed by atoms with van der Waals surface area (Å²) in [7, 11) is 1.59. The number of esters is 1. The van der Waals surface area contributed by atoms with E-state index in [4.69, 9.17) is 15.2 Å². The van der Waals surface area contributed by atoms with Crippen LogP contribution < -0.4 is 5.73 Å². The number of anilines is 1. The van der Waals surface area contributed by atoms with Gasteiger partial charge in [-0.25, -0.2) is 4.79 Å². The van der Waals surface area contributed by atoms with E-state index in [2.05, 4.69) is 36.4 Å². The summed E-state index contributed by atoms with van der Waals surface area (Å²) in [6.45, 7) is 9.75. The van der Waals surface area contributed by atoms with Gasteiger partial charge in [-0.2, -0.15) is 0 Å². The van der Waals surface area contributed by atoms with Crippen LogP contribution in [0, 0.1) is 0 Å². The van der Waals surface area contributed by atoms with Crippen molar-refractivity contribution in [1.82, 2.24) is 0 Å². The number of hydrogen-bond acceptors (Lipinski definition) is 5. The zero-order chi connectivity index (χ0) is 23.3. The number of carbonyl (C=O) groups is 1. The molecule has 0 amide bonds. The van der Waals surface area contributed by atoms with Crippen molar-refractivity contribution in [1.29, 1.82) is 0 Å². The molecule has 1 unspecified atom stereocenters. The van der Waals surface area contributed by atoms with Crippen LogP contribution in [0.3, 0.4) is 0 Å². The number of allylic oxidation sites excluding steroid dienone is 6. The molecule has 5 nitrogen and oxygen atoms in total. The molecule has 1 aromatic rings. The maximum Gasteiger partial charge on any atom is 0.340 e. The van der Waals surface area contributed by atoms with Crippen molar-refractivity contribution in [3.05, 3.63) is 102 Å². The molecule has 0 bridgehead atoms. The Hall–Kier alpha value is -3.60. The molecule has 0 fully saturated rings. The van der Waals surface area contributed by atoms with Crippen molar-refractivity contribution in [3.63, 3.8) is 0 Å². The molecular weight excluding hydrogens is 400 g/mol. The first-order chi connectivity index (χ1) is 15.5. The second-order valence-electron chi connectivity index (χ2n) is 7.32. The molecule has 32 heavy (non-hydrogen) atoms. The molecule has 5 heteroatoms. The molecule has 0 saturated carbocycles. The van der Waals surface area contributed by atoms with Gasteiger partial charge >= 0.3 is 5.97 Å². The first-order valence-electron chi connectivity index (χ1n) is 10.6. The molecule has 0 aromatic heterocycles. The summed E-state index contributed by atoms with van der Waals surface area (Å²) < 4.78 is 10.8. The number of carbonyl (C=O) groups excluding carboxylic acids is 1. The number of nitrogen functional groups attached to an aromatic ring is 1. The fourth-order valence-electron chi connectivity index (χ4n) is 3.12. The zero-order valence-corrected chi connectivity index (χ0v) is 18.9. The summed E-state index contributed by atoms with van der Waals surface area (Å²) in [5, 5.41) is 0. The van der Waals surface area contributed by atoms with Gasteiger partial charge < -0.3 is 15.2 Å². The Kier molecular flexibility index (Phi) is 9.98. The van der Waals surface area contributed by atoms with E-state index in [1.807, 2.05) is 31.2 Å². The summed E-state index contributed by atoms with van der Waals surface area (Å²) in [6.07, 6.45) is 18.0. The van der Waals surface area contributed by atoms with Crippen molar-refractivity contribution in [2.45, 2.75) is 32.2 Å². The minimum atomic E-state index is -0.497. The largest absolute Gasteiger partial charge is 0.499 e. The van der Waals surface area contributed by atoms with Gasteiger partial charge in [0, 0.05) is 11.8 Å². The standard InChI is InChI=1S/C27H32N2O3/c1-5-7-12-21(6-2)19-32-27(30)24-16-11-15-23(26(24)28)18-29-25(20(3)31-4)17-22-13-9-8-10-14-22/h5-9,11-13,15-16,18,25H,2-3,10,14,17,19,28H2,1,4H3/b7-5-,21-12+,29-18?. The van der Waals surface area contributed by atoms with Gasteiger partial charge in [-0.05, 0) is 37.8 Å². The lowest BCUT2D eigenvalue weighted by atomic mass is 9.97. The van der Waals surface area contributed by atoms with Crippen LogP contribution in [0.25, 0.3) is 0 Å². The van der Waals surface area contributed by atoms with Crippen LogP contribution in [0.5, 0.6) is 0 Å². The SMILES string of the molecule is C=C/C(=C\C=C/C)COC(=O)c1cccc(C=NC(CC2=CC=CCC2)C(=C)OC)c1N. The lowest BCUT2D eigenvalue weighted by molar-refractivity contribution is 0.0544. The highest BCUT2D eigenvalue weighted by atomic mass is 16.5. The van der Waals surface area contributed by atoms with Crippen LogP contribution in [-0.2, 0) is 9.47 Å². The number of ether oxygens (including phenoxy) is 2. The van der Waals surface area contributed by atoms with Crippen molar-refractivity contribution in [2.75, 3.05) is 19.5 Å². The van der Waals surface area contributed by atoms with E-state index in [1.54, 1.807) is 31.5 Å². The molecular formula is C27H32N2O3. The van der Waals surface area contributed by atoms with Gasteiger partial charge in [-0.3, -0.25) is 4.99 Å².